The summed E-state index contributed by atoms with van der Waals surface area (Å²) in [6.07, 6.45) is 0.794. The number of hydrogen-bond acceptors (Lipinski definition) is 6. The van der Waals surface area contributed by atoms with E-state index in [0.29, 0.717) is 21.3 Å². The molecule has 0 saturated carbocycles. The monoisotopic (exact) mass is 351 g/mol. The molecular formula is C11H12F3N5O3S. The Bertz CT molecular complexity index is 835. The maximum atomic E-state index is 12.6. The Morgan fingerprint density at radius 1 is 1.39 bits per heavy atom. The van der Waals surface area contributed by atoms with Gasteiger partial charge in [-0.15, -0.1) is 0 Å². The molecule has 0 radical (unpaired) electrons. The van der Waals surface area contributed by atoms with Crippen molar-refractivity contribution in [1.29, 1.82) is 0 Å². The van der Waals surface area contributed by atoms with Crippen LogP contribution in [-0.4, -0.2) is 57.4 Å². The van der Waals surface area contributed by atoms with Crippen molar-refractivity contribution in [3.05, 3.63) is 12.2 Å². The molecule has 1 N–H and O–H groups in total. The number of halogens is 3. The van der Waals surface area contributed by atoms with E-state index in [2.05, 4.69) is 19.9 Å². The smallest absolute Gasteiger partial charge is 0.471 e. The van der Waals surface area contributed by atoms with Crippen molar-refractivity contribution in [1.82, 2.24) is 24.2 Å². The van der Waals surface area contributed by atoms with Gasteiger partial charge in [0, 0.05) is 6.54 Å². The van der Waals surface area contributed by atoms with Crippen LogP contribution in [0.3, 0.4) is 0 Å². The number of imidazole rings is 1. The van der Waals surface area contributed by atoms with Gasteiger partial charge in [-0.05, 0) is 13.3 Å². The average Bonchev–Trinajstić information content (AvgIpc) is 3.05. The van der Waals surface area contributed by atoms with Gasteiger partial charge in [-0.2, -0.15) is 22.5 Å². The molecule has 2 aromatic heterocycles. The highest BCUT2D eigenvalue weighted by molar-refractivity contribution is 7.90. The van der Waals surface area contributed by atoms with Gasteiger partial charge in [0.05, 0.1) is 12.9 Å². The molecule has 126 valence electrons. The van der Waals surface area contributed by atoms with Crippen LogP contribution in [0.15, 0.2) is 6.33 Å². The second-order valence-corrected chi connectivity index (χ2v) is 6.94. The number of nitrogens with zero attached hydrogens (tertiary/aromatic N) is 4. The molecular weight excluding hydrogens is 339 g/mol. The number of rotatable bonds is 3. The molecule has 1 fully saturated rings. The Balaban J connectivity index is 1.79. The van der Waals surface area contributed by atoms with E-state index in [1.807, 2.05) is 0 Å². The first-order valence-corrected chi connectivity index (χ1v) is 8.03. The van der Waals surface area contributed by atoms with Crippen molar-refractivity contribution >= 4 is 21.2 Å². The lowest BCUT2D eigenvalue weighted by Gasteiger charge is -2.18. The summed E-state index contributed by atoms with van der Waals surface area (Å²) >= 11 is 0. The summed E-state index contributed by atoms with van der Waals surface area (Å²) in [5.74, 6) is 0.527. The normalized spacial score (nSPS) is 20.3. The number of sulfonamides is 1. The van der Waals surface area contributed by atoms with Crippen LogP contribution in [0.2, 0.25) is 0 Å². The van der Waals surface area contributed by atoms with E-state index in [4.69, 9.17) is 4.74 Å². The molecule has 2 aromatic rings. The van der Waals surface area contributed by atoms with Crippen LogP contribution in [-0.2, 0) is 10.0 Å². The molecule has 0 aromatic carbocycles. The first-order valence-electron chi connectivity index (χ1n) is 6.59. The van der Waals surface area contributed by atoms with E-state index in [0.717, 1.165) is 0 Å². The van der Waals surface area contributed by atoms with E-state index >= 15 is 0 Å². The summed E-state index contributed by atoms with van der Waals surface area (Å²) in [7, 11) is -5.34. The highest BCUT2D eigenvalue weighted by Gasteiger charge is 2.51. The second kappa shape index (κ2) is 5.30. The Labute approximate surface area is 128 Å². The number of aromatic amines is 1. The Hall–Kier alpha value is -1.95. The Kier molecular flexibility index (Phi) is 3.67. The molecule has 1 aliphatic rings. The first kappa shape index (κ1) is 15.9. The summed E-state index contributed by atoms with van der Waals surface area (Å²) in [6.45, 7) is 0.971. The fourth-order valence-electron chi connectivity index (χ4n) is 2.31. The molecule has 1 saturated heterocycles. The third-order valence-corrected chi connectivity index (χ3v) is 4.98. The number of H-pyrrole nitrogens is 1. The quantitative estimate of drug-likeness (QED) is 0.884. The molecule has 0 amide bonds. The topological polar surface area (TPSA) is 101 Å². The molecule has 0 spiro atoms. The second-order valence-electron chi connectivity index (χ2n) is 5.01. The molecule has 0 bridgehead atoms. The minimum atomic E-state index is -5.34. The summed E-state index contributed by atoms with van der Waals surface area (Å²) in [5, 5.41) is 0. The average molecular weight is 351 g/mol. The SMILES string of the molecule is Cc1nc(OC2CCN(S(=O)(=O)C(F)(F)F)C2)c2[nH]cnc2n1. The number of aromatic nitrogens is 4. The number of fused-ring (bicyclic) bond motifs is 1. The van der Waals surface area contributed by atoms with Gasteiger partial charge in [0.15, 0.2) is 5.65 Å². The molecule has 0 aliphatic carbocycles. The number of nitrogens with one attached hydrogen (secondary N) is 1. The maximum Gasteiger partial charge on any atom is 0.511 e. The molecule has 8 nitrogen and oxygen atoms in total. The lowest BCUT2D eigenvalue weighted by molar-refractivity contribution is -0.0484. The first-order chi connectivity index (χ1) is 10.7. The van der Waals surface area contributed by atoms with E-state index in [1.54, 1.807) is 6.92 Å². The predicted octanol–water partition coefficient (Wildman–Crippen LogP) is 0.964. The molecule has 12 heteroatoms. The van der Waals surface area contributed by atoms with Gasteiger partial charge >= 0.3 is 15.5 Å². The molecule has 3 rings (SSSR count). The number of hydrogen-bond donors (Lipinski definition) is 1. The Morgan fingerprint density at radius 2 is 2.13 bits per heavy atom. The summed E-state index contributed by atoms with van der Waals surface area (Å²) in [6, 6.07) is 0. The van der Waals surface area contributed by atoms with E-state index in [9.17, 15) is 21.6 Å². The van der Waals surface area contributed by atoms with Gasteiger partial charge in [0.1, 0.15) is 17.4 Å². The zero-order valence-electron chi connectivity index (χ0n) is 11.8. The van der Waals surface area contributed by atoms with Gasteiger partial charge < -0.3 is 9.72 Å². The zero-order chi connectivity index (χ0) is 16.8. The van der Waals surface area contributed by atoms with Gasteiger partial charge in [0.2, 0.25) is 5.88 Å². The Morgan fingerprint density at radius 3 is 2.83 bits per heavy atom. The van der Waals surface area contributed by atoms with Crippen LogP contribution in [0.5, 0.6) is 5.88 Å². The van der Waals surface area contributed by atoms with Crippen LogP contribution in [0, 0.1) is 6.92 Å². The lowest BCUT2D eigenvalue weighted by Crippen LogP contribution is -2.40. The molecule has 1 unspecified atom stereocenters. The van der Waals surface area contributed by atoms with Crippen molar-refractivity contribution in [2.45, 2.75) is 25.0 Å². The highest BCUT2D eigenvalue weighted by atomic mass is 32.2. The van der Waals surface area contributed by atoms with E-state index in [-0.39, 0.29) is 25.4 Å². The van der Waals surface area contributed by atoms with Gasteiger partial charge in [0.25, 0.3) is 0 Å². The zero-order valence-corrected chi connectivity index (χ0v) is 12.6. The highest BCUT2D eigenvalue weighted by Crippen LogP contribution is 2.31. The summed E-state index contributed by atoms with van der Waals surface area (Å²) in [4.78, 5) is 14.9. The van der Waals surface area contributed by atoms with Crippen molar-refractivity contribution < 1.29 is 26.3 Å². The third-order valence-electron chi connectivity index (χ3n) is 3.38. The minimum absolute atomic E-state index is 0.133. The fourth-order valence-corrected chi connectivity index (χ4v) is 3.31. The van der Waals surface area contributed by atoms with Crippen LogP contribution < -0.4 is 4.74 Å². The van der Waals surface area contributed by atoms with E-state index in [1.165, 1.54) is 6.33 Å². The molecule has 3 heterocycles. The van der Waals surface area contributed by atoms with Crippen molar-refractivity contribution in [3.63, 3.8) is 0 Å². The number of alkyl halides is 3. The van der Waals surface area contributed by atoms with Crippen LogP contribution in [0.1, 0.15) is 12.2 Å². The standard InChI is InChI=1S/C11H12F3N5O3S/c1-6-17-9-8(15-5-16-9)10(18-6)22-7-2-3-19(4-7)23(20,21)11(12,13)14/h5,7H,2-4H2,1H3,(H,15,16,17,18). The molecule has 1 aliphatic heterocycles. The summed E-state index contributed by atoms with van der Waals surface area (Å²) < 4.78 is 66.4. The third kappa shape index (κ3) is 2.83. The molecule has 1 atom stereocenters. The van der Waals surface area contributed by atoms with Crippen molar-refractivity contribution in [2.75, 3.05) is 13.1 Å². The van der Waals surface area contributed by atoms with Crippen LogP contribution in [0.4, 0.5) is 13.2 Å². The largest absolute Gasteiger partial charge is 0.511 e. The van der Waals surface area contributed by atoms with Crippen LogP contribution in [0.25, 0.3) is 11.2 Å². The fraction of sp³-hybridized carbons (Fsp3) is 0.545. The lowest BCUT2D eigenvalue weighted by atomic mass is 10.3. The number of aryl methyl sites for hydroxylation is 1. The predicted molar refractivity (Wildman–Crippen MR) is 72.0 cm³/mol. The van der Waals surface area contributed by atoms with Gasteiger partial charge in [-0.3, -0.25) is 0 Å². The van der Waals surface area contributed by atoms with Gasteiger partial charge in [-0.1, -0.05) is 0 Å². The number of ether oxygens (including phenoxy) is 1. The van der Waals surface area contributed by atoms with E-state index < -0.39 is 21.6 Å². The van der Waals surface area contributed by atoms with Crippen LogP contribution >= 0.6 is 0 Å². The summed E-state index contributed by atoms with van der Waals surface area (Å²) in [5.41, 5.74) is -4.54. The van der Waals surface area contributed by atoms with Crippen molar-refractivity contribution in [2.24, 2.45) is 0 Å². The van der Waals surface area contributed by atoms with Gasteiger partial charge in [-0.25, -0.2) is 18.4 Å². The molecule has 23 heavy (non-hydrogen) atoms. The minimum Gasteiger partial charge on any atom is -0.471 e. The van der Waals surface area contributed by atoms with Crippen molar-refractivity contribution in [3.8, 4) is 5.88 Å². The maximum absolute atomic E-state index is 12.6.